The van der Waals surface area contributed by atoms with E-state index in [1.54, 1.807) is 12.1 Å². The molecule has 2 heterocycles. The third-order valence-electron chi connectivity index (χ3n) is 4.49. The largest absolute Gasteiger partial charge is 0.390 e. The number of aliphatic hydroxyl groups excluding tert-OH is 1. The smallest absolute Gasteiger partial charge is 0.287 e. The Morgan fingerprint density at radius 3 is 2.81 bits per heavy atom. The molecule has 31 heavy (non-hydrogen) atoms. The van der Waals surface area contributed by atoms with Gasteiger partial charge >= 0.3 is 0 Å². The lowest BCUT2D eigenvalue weighted by atomic mass is 10.1. The van der Waals surface area contributed by atoms with Crippen LogP contribution in [0.5, 0.6) is 0 Å². The molecule has 2 aromatic carbocycles. The molecule has 4 rings (SSSR count). The molecule has 0 saturated carbocycles. The zero-order chi connectivity index (χ0) is 22.0. The summed E-state index contributed by atoms with van der Waals surface area (Å²) in [5.41, 5.74) is 2.35. The number of benzene rings is 2. The van der Waals surface area contributed by atoms with Crippen molar-refractivity contribution in [3.05, 3.63) is 63.5 Å². The molecule has 160 valence electrons. The molecule has 0 aliphatic carbocycles. The lowest BCUT2D eigenvalue weighted by Gasteiger charge is -2.18. The van der Waals surface area contributed by atoms with Gasteiger partial charge in [0.1, 0.15) is 10.6 Å². The fourth-order valence-corrected chi connectivity index (χ4v) is 4.87. The van der Waals surface area contributed by atoms with E-state index in [0.717, 1.165) is 14.8 Å². The molecule has 0 spiro atoms. The number of halogens is 1. The van der Waals surface area contributed by atoms with Crippen LogP contribution in [0.3, 0.4) is 0 Å². The first kappa shape index (κ1) is 21.4. The van der Waals surface area contributed by atoms with E-state index < -0.39 is 15.9 Å². The molecule has 0 unspecified atom stereocenters. The fourth-order valence-electron chi connectivity index (χ4n) is 3.03. The van der Waals surface area contributed by atoms with Crippen LogP contribution in [-0.4, -0.2) is 46.8 Å². The monoisotopic (exact) mass is 552 g/mol. The Kier molecular flexibility index (Phi) is 6.02. The number of amides is 1. The topological polar surface area (TPSA) is 139 Å². The van der Waals surface area contributed by atoms with Gasteiger partial charge in [-0.05, 0) is 58.8 Å². The van der Waals surface area contributed by atoms with Crippen LogP contribution in [0.4, 0.5) is 5.69 Å². The summed E-state index contributed by atoms with van der Waals surface area (Å²) < 4.78 is 29.2. The van der Waals surface area contributed by atoms with Crippen LogP contribution in [-0.2, 0) is 27.8 Å². The standard InChI is InChI=1S/C19H17IN6O4S/c20-13-5-6-15-17(9-13)31(29,30)25-18(23-15)19(28)21-8-7-12-3-1-2-4-16(12)26-22-10-14(11-27)24-26/h1-6,9-10,27H,7-8,11H2,(H,21,28)(H,23,25). The van der Waals surface area contributed by atoms with Crippen LogP contribution < -0.4 is 10.6 Å². The maximum atomic E-state index is 12.5. The van der Waals surface area contributed by atoms with Crippen molar-refractivity contribution in [1.82, 2.24) is 20.3 Å². The number of hydrogen-bond donors (Lipinski definition) is 3. The average Bonchev–Trinajstić information content (AvgIpc) is 3.23. The number of rotatable bonds is 6. The van der Waals surface area contributed by atoms with E-state index in [0.29, 0.717) is 17.8 Å². The molecule has 10 nitrogen and oxygen atoms in total. The van der Waals surface area contributed by atoms with Crippen LogP contribution in [0.2, 0.25) is 0 Å². The van der Waals surface area contributed by atoms with Crippen molar-refractivity contribution >= 4 is 50.0 Å². The third kappa shape index (κ3) is 4.60. The molecule has 0 bridgehead atoms. The summed E-state index contributed by atoms with van der Waals surface area (Å²) in [7, 11) is -3.96. The van der Waals surface area contributed by atoms with Gasteiger partial charge in [-0.1, -0.05) is 18.2 Å². The first-order chi connectivity index (χ1) is 14.9. The lowest BCUT2D eigenvalue weighted by molar-refractivity contribution is -0.114. The van der Waals surface area contributed by atoms with Crippen LogP contribution in [0.15, 0.2) is 58.0 Å². The summed E-state index contributed by atoms with van der Waals surface area (Å²) in [6.07, 6.45) is 1.93. The van der Waals surface area contributed by atoms with E-state index >= 15 is 0 Å². The molecule has 0 atom stereocenters. The summed E-state index contributed by atoms with van der Waals surface area (Å²) in [5, 5.41) is 23.0. The number of anilines is 1. The second-order valence-electron chi connectivity index (χ2n) is 6.60. The molecule has 0 fully saturated rings. The Labute approximate surface area is 191 Å². The van der Waals surface area contributed by atoms with Gasteiger partial charge in [0.2, 0.25) is 5.84 Å². The highest BCUT2D eigenvalue weighted by molar-refractivity contribution is 14.1. The summed E-state index contributed by atoms with van der Waals surface area (Å²) in [4.78, 5) is 14.0. The van der Waals surface area contributed by atoms with Gasteiger partial charge in [0, 0.05) is 10.1 Å². The number of aliphatic hydroxyl groups is 1. The van der Waals surface area contributed by atoms with Gasteiger partial charge in [0.25, 0.3) is 15.9 Å². The Balaban J connectivity index is 1.45. The van der Waals surface area contributed by atoms with Crippen molar-refractivity contribution in [3.63, 3.8) is 0 Å². The van der Waals surface area contributed by atoms with E-state index in [-0.39, 0.29) is 23.9 Å². The molecular formula is C19H17IN6O4S. The number of hydrogen-bond acceptors (Lipinski definition) is 7. The minimum atomic E-state index is -3.96. The second-order valence-corrected chi connectivity index (χ2v) is 9.42. The molecule has 3 aromatic rings. The van der Waals surface area contributed by atoms with E-state index in [2.05, 4.69) is 25.2 Å². The predicted octanol–water partition coefficient (Wildman–Crippen LogP) is 1.24. The van der Waals surface area contributed by atoms with E-state index in [9.17, 15) is 18.3 Å². The Bertz CT molecular complexity index is 1290. The van der Waals surface area contributed by atoms with Gasteiger partial charge in [-0.3, -0.25) is 4.79 Å². The van der Waals surface area contributed by atoms with Crippen molar-refractivity contribution in [1.29, 1.82) is 0 Å². The van der Waals surface area contributed by atoms with Crippen LogP contribution in [0.1, 0.15) is 11.3 Å². The summed E-state index contributed by atoms with van der Waals surface area (Å²) in [6.45, 7) is 0.0305. The van der Waals surface area contributed by atoms with Crippen molar-refractivity contribution < 1.29 is 18.3 Å². The number of carbonyl (C=O) groups is 1. The minimum absolute atomic E-state index is 0.0406. The van der Waals surface area contributed by atoms with Gasteiger partial charge in [-0.2, -0.15) is 23.4 Å². The molecular weight excluding hydrogens is 535 g/mol. The molecule has 0 saturated heterocycles. The normalized spacial score (nSPS) is 14.3. The Hall–Kier alpha value is -2.84. The van der Waals surface area contributed by atoms with Crippen molar-refractivity contribution in [3.8, 4) is 5.69 Å². The maximum Gasteiger partial charge on any atom is 0.287 e. The van der Waals surface area contributed by atoms with Crippen molar-refractivity contribution in [2.24, 2.45) is 4.40 Å². The van der Waals surface area contributed by atoms with E-state index in [1.807, 2.05) is 46.9 Å². The maximum absolute atomic E-state index is 12.5. The predicted molar refractivity (Wildman–Crippen MR) is 121 cm³/mol. The van der Waals surface area contributed by atoms with Gasteiger partial charge in [0.05, 0.1) is 24.2 Å². The number of carbonyl (C=O) groups excluding carboxylic acids is 1. The van der Waals surface area contributed by atoms with Crippen molar-refractivity contribution in [2.75, 3.05) is 11.9 Å². The van der Waals surface area contributed by atoms with Gasteiger partial charge in [-0.15, -0.1) is 4.40 Å². The quantitative estimate of drug-likeness (QED) is 0.391. The SMILES string of the molecule is O=C(NCCc1ccccc1-n1ncc(CO)n1)C1=NS(=O)(=O)c2cc(I)ccc2N1. The number of nitrogens with zero attached hydrogens (tertiary/aromatic N) is 4. The third-order valence-corrected chi connectivity index (χ3v) is 6.48. The first-order valence-corrected chi connectivity index (χ1v) is 11.7. The number of amidine groups is 1. The highest BCUT2D eigenvalue weighted by atomic mass is 127. The number of para-hydroxylation sites is 1. The average molecular weight is 552 g/mol. The first-order valence-electron chi connectivity index (χ1n) is 9.17. The molecule has 1 aliphatic rings. The summed E-state index contributed by atoms with van der Waals surface area (Å²) in [6, 6.07) is 12.2. The van der Waals surface area contributed by atoms with Crippen LogP contribution >= 0.6 is 22.6 Å². The second kappa shape index (κ2) is 8.72. The Morgan fingerprint density at radius 1 is 1.23 bits per heavy atom. The summed E-state index contributed by atoms with van der Waals surface area (Å²) >= 11 is 2.01. The van der Waals surface area contributed by atoms with Gasteiger partial charge in [-0.25, -0.2) is 0 Å². The minimum Gasteiger partial charge on any atom is -0.390 e. The number of nitrogens with one attached hydrogen (secondary N) is 2. The van der Waals surface area contributed by atoms with Gasteiger partial charge in [0.15, 0.2) is 0 Å². The summed E-state index contributed by atoms with van der Waals surface area (Å²) in [5.74, 6) is -0.895. The number of aromatic nitrogens is 3. The molecule has 1 amide bonds. The van der Waals surface area contributed by atoms with E-state index in [1.165, 1.54) is 17.1 Å². The molecule has 12 heteroatoms. The zero-order valence-electron chi connectivity index (χ0n) is 16.0. The zero-order valence-corrected chi connectivity index (χ0v) is 19.0. The number of sulfonamides is 1. The lowest BCUT2D eigenvalue weighted by Crippen LogP contribution is -2.39. The fraction of sp³-hybridized carbons (Fsp3) is 0.158. The van der Waals surface area contributed by atoms with Crippen LogP contribution in [0.25, 0.3) is 5.69 Å². The van der Waals surface area contributed by atoms with Gasteiger partial charge < -0.3 is 15.7 Å². The molecule has 3 N–H and O–H groups in total. The van der Waals surface area contributed by atoms with E-state index in [4.69, 9.17) is 0 Å². The highest BCUT2D eigenvalue weighted by Gasteiger charge is 2.28. The molecule has 1 aliphatic heterocycles. The van der Waals surface area contributed by atoms with Crippen molar-refractivity contribution in [2.45, 2.75) is 17.9 Å². The molecule has 1 aromatic heterocycles. The van der Waals surface area contributed by atoms with Crippen LogP contribution in [0, 0.1) is 3.57 Å². The Morgan fingerprint density at radius 2 is 2.03 bits per heavy atom. The highest BCUT2D eigenvalue weighted by Crippen LogP contribution is 2.28. The molecule has 0 radical (unpaired) electrons. The number of fused-ring (bicyclic) bond motifs is 1.